The van der Waals surface area contributed by atoms with Gasteiger partial charge in [0.1, 0.15) is 0 Å². The van der Waals surface area contributed by atoms with Crippen molar-refractivity contribution in [3.63, 3.8) is 0 Å². The van der Waals surface area contributed by atoms with Crippen molar-refractivity contribution in [3.8, 4) is 0 Å². The van der Waals surface area contributed by atoms with Gasteiger partial charge in [-0.25, -0.2) is 4.79 Å². The van der Waals surface area contributed by atoms with Gasteiger partial charge in [0.25, 0.3) is 0 Å². The fourth-order valence-electron chi connectivity index (χ4n) is 1.40. The van der Waals surface area contributed by atoms with Gasteiger partial charge in [-0.2, -0.15) is 0 Å². The Labute approximate surface area is 69.6 Å². The molecule has 3 heteroatoms. The number of aryl methyl sites for hydroxylation is 1. The highest BCUT2D eigenvalue weighted by molar-refractivity contribution is 5.95. The first kappa shape index (κ1) is 7.31. The van der Waals surface area contributed by atoms with Crippen LogP contribution in [0.5, 0.6) is 0 Å². The Balaban J connectivity index is 2.67. The minimum Gasteiger partial charge on any atom is -0.428 e. The lowest BCUT2D eigenvalue weighted by atomic mass is 10.0. The third-order valence-corrected chi connectivity index (χ3v) is 1.99. The van der Waals surface area contributed by atoms with Crippen LogP contribution in [0, 0.1) is 6.92 Å². The number of hydrogen-bond acceptors (Lipinski definition) is 3. The van der Waals surface area contributed by atoms with Crippen molar-refractivity contribution in [2.75, 3.05) is 0 Å². The Hall–Kier alpha value is -1.35. The number of carbonyl (C=O) groups excluding carboxylic acids is 1. The van der Waals surface area contributed by atoms with Crippen molar-refractivity contribution in [3.05, 3.63) is 34.9 Å². The highest BCUT2D eigenvalue weighted by atomic mass is 16.6. The van der Waals surface area contributed by atoms with Crippen molar-refractivity contribution < 1.29 is 14.6 Å². The maximum Gasteiger partial charge on any atom is 0.341 e. The molecule has 1 heterocycles. The normalized spacial score (nSPS) is 20.5. The van der Waals surface area contributed by atoms with E-state index in [9.17, 15) is 9.90 Å². The smallest absolute Gasteiger partial charge is 0.341 e. The van der Waals surface area contributed by atoms with Gasteiger partial charge < -0.3 is 9.84 Å². The summed E-state index contributed by atoms with van der Waals surface area (Å²) >= 11 is 0. The first-order valence-corrected chi connectivity index (χ1v) is 3.68. The zero-order valence-corrected chi connectivity index (χ0v) is 6.57. The predicted octanol–water partition coefficient (Wildman–Crippen LogP) is 1.16. The molecule has 1 aliphatic heterocycles. The van der Waals surface area contributed by atoms with E-state index in [1.54, 1.807) is 12.1 Å². The van der Waals surface area contributed by atoms with E-state index in [4.69, 9.17) is 0 Å². The molecule has 0 saturated heterocycles. The van der Waals surface area contributed by atoms with E-state index in [0.29, 0.717) is 11.1 Å². The first-order chi connectivity index (χ1) is 5.70. The van der Waals surface area contributed by atoms with Crippen LogP contribution in [-0.4, -0.2) is 11.1 Å². The zero-order valence-electron chi connectivity index (χ0n) is 6.57. The van der Waals surface area contributed by atoms with Gasteiger partial charge in [0.05, 0.1) is 5.56 Å². The minimum absolute atomic E-state index is 0.435. The Morgan fingerprint density at radius 1 is 1.50 bits per heavy atom. The van der Waals surface area contributed by atoms with Crippen LogP contribution in [-0.2, 0) is 4.74 Å². The molecule has 0 unspecified atom stereocenters. The quantitative estimate of drug-likeness (QED) is 0.585. The lowest BCUT2D eigenvalue weighted by Crippen LogP contribution is -1.97. The second-order valence-electron chi connectivity index (χ2n) is 2.80. The van der Waals surface area contributed by atoms with E-state index in [1.165, 1.54) is 0 Å². The van der Waals surface area contributed by atoms with Crippen LogP contribution in [0.15, 0.2) is 18.2 Å². The molecule has 0 fully saturated rings. The molecule has 62 valence electrons. The molecule has 1 aromatic rings. The zero-order chi connectivity index (χ0) is 8.72. The van der Waals surface area contributed by atoms with Crippen molar-refractivity contribution >= 4 is 5.97 Å². The number of esters is 1. The van der Waals surface area contributed by atoms with E-state index in [2.05, 4.69) is 4.74 Å². The van der Waals surface area contributed by atoms with E-state index < -0.39 is 12.3 Å². The highest BCUT2D eigenvalue weighted by Gasteiger charge is 2.30. The molecule has 3 nitrogen and oxygen atoms in total. The van der Waals surface area contributed by atoms with Gasteiger partial charge in [0.2, 0.25) is 6.29 Å². The summed E-state index contributed by atoms with van der Waals surface area (Å²) < 4.78 is 4.63. The number of benzene rings is 1. The van der Waals surface area contributed by atoms with Gasteiger partial charge in [-0.3, -0.25) is 0 Å². The van der Waals surface area contributed by atoms with Crippen molar-refractivity contribution in [1.29, 1.82) is 0 Å². The molecule has 0 spiro atoms. The fourth-order valence-corrected chi connectivity index (χ4v) is 1.40. The van der Waals surface area contributed by atoms with Crippen LogP contribution in [0.2, 0.25) is 0 Å². The topological polar surface area (TPSA) is 46.5 Å². The van der Waals surface area contributed by atoms with Crippen LogP contribution in [0.4, 0.5) is 0 Å². The number of fused-ring (bicyclic) bond motifs is 1. The van der Waals surface area contributed by atoms with Crippen LogP contribution in [0.3, 0.4) is 0 Å². The van der Waals surface area contributed by atoms with Gasteiger partial charge in [0, 0.05) is 5.56 Å². The van der Waals surface area contributed by atoms with E-state index in [-0.39, 0.29) is 0 Å². The van der Waals surface area contributed by atoms with E-state index in [0.717, 1.165) is 5.56 Å². The standard InChI is InChI=1S/C9H8O3/c1-5-3-2-4-6-7(5)9(11)12-8(6)10/h2-4,8,10H,1H3/t8-/m1/s1. The lowest BCUT2D eigenvalue weighted by Gasteiger charge is -2.00. The molecule has 0 radical (unpaired) electrons. The Morgan fingerprint density at radius 3 is 2.92 bits per heavy atom. The van der Waals surface area contributed by atoms with E-state index in [1.807, 2.05) is 13.0 Å². The van der Waals surface area contributed by atoms with Crippen LogP contribution < -0.4 is 0 Å². The summed E-state index contributed by atoms with van der Waals surface area (Å²) in [6, 6.07) is 5.30. The third-order valence-electron chi connectivity index (χ3n) is 1.99. The maximum atomic E-state index is 11.1. The monoisotopic (exact) mass is 164 g/mol. The lowest BCUT2D eigenvalue weighted by molar-refractivity contribution is -0.0547. The summed E-state index contributed by atoms with van der Waals surface area (Å²) in [5, 5.41) is 9.23. The van der Waals surface area contributed by atoms with Crippen LogP contribution >= 0.6 is 0 Å². The van der Waals surface area contributed by atoms with Crippen molar-refractivity contribution in [1.82, 2.24) is 0 Å². The Morgan fingerprint density at radius 2 is 2.25 bits per heavy atom. The van der Waals surface area contributed by atoms with Gasteiger partial charge in [-0.15, -0.1) is 0 Å². The molecule has 1 N–H and O–H groups in total. The predicted molar refractivity (Wildman–Crippen MR) is 41.6 cm³/mol. The fraction of sp³-hybridized carbons (Fsp3) is 0.222. The Bertz CT molecular complexity index is 344. The highest BCUT2D eigenvalue weighted by Crippen LogP contribution is 2.30. The van der Waals surface area contributed by atoms with Gasteiger partial charge in [0.15, 0.2) is 0 Å². The molecule has 0 aromatic heterocycles. The molecule has 1 atom stereocenters. The van der Waals surface area contributed by atoms with Crippen molar-refractivity contribution in [2.24, 2.45) is 0 Å². The number of aliphatic hydroxyl groups is 1. The molecule has 0 bridgehead atoms. The maximum absolute atomic E-state index is 11.1. The summed E-state index contributed by atoms with van der Waals surface area (Å²) in [4.78, 5) is 11.1. The molecule has 0 amide bonds. The molecule has 12 heavy (non-hydrogen) atoms. The number of carbonyl (C=O) groups is 1. The number of aliphatic hydroxyl groups excluding tert-OH is 1. The second-order valence-corrected chi connectivity index (χ2v) is 2.80. The number of rotatable bonds is 0. The molecule has 0 aliphatic carbocycles. The number of hydrogen-bond donors (Lipinski definition) is 1. The SMILES string of the molecule is Cc1cccc2c1C(=O)O[C@H]2O. The summed E-state index contributed by atoms with van der Waals surface area (Å²) in [5.74, 6) is -0.435. The average Bonchev–Trinajstić information content (AvgIpc) is 2.29. The summed E-state index contributed by atoms with van der Waals surface area (Å²) in [5.41, 5.74) is 1.92. The molecular weight excluding hydrogens is 156 g/mol. The van der Waals surface area contributed by atoms with Gasteiger partial charge in [-0.05, 0) is 12.5 Å². The number of ether oxygens (including phenoxy) is 1. The minimum atomic E-state index is -1.08. The van der Waals surface area contributed by atoms with Crippen LogP contribution in [0.1, 0.15) is 27.8 Å². The van der Waals surface area contributed by atoms with Gasteiger partial charge >= 0.3 is 5.97 Å². The largest absolute Gasteiger partial charge is 0.428 e. The second kappa shape index (κ2) is 2.32. The number of cyclic esters (lactones) is 1. The van der Waals surface area contributed by atoms with Gasteiger partial charge in [-0.1, -0.05) is 18.2 Å². The molecule has 1 aliphatic rings. The summed E-state index contributed by atoms with van der Waals surface area (Å²) in [6.07, 6.45) is -1.08. The molecule has 1 aromatic carbocycles. The molecular formula is C9H8O3. The summed E-state index contributed by atoms with van der Waals surface area (Å²) in [6.45, 7) is 1.82. The van der Waals surface area contributed by atoms with E-state index >= 15 is 0 Å². The molecule has 2 rings (SSSR count). The molecule has 0 saturated carbocycles. The first-order valence-electron chi connectivity index (χ1n) is 3.68. The summed E-state index contributed by atoms with van der Waals surface area (Å²) in [7, 11) is 0. The van der Waals surface area contributed by atoms with Crippen LogP contribution in [0.25, 0.3) is 0 Å². The average molecular weight is 164 g/mol. The van der Waals surface area contributed by atoms with Crippen molar-refractivity contribution in [2.45, 2.75) is 13.2 Å². The Kier molecular flexibility index (Phi) is 1.41. The third kappa shape index (κ3) is 0.833.